The molecule has 1 aliphatic rings. The second-order valence-electron chi connectivity index (χ2n) is 13.2. The van der Waals surface area contributed by atoms with E-state index in [0.29, 0.717) is 17.5 Å². The van der Waals surface area contributed by atoms with Gasteiger partial charge in [-0.2, -0.15) is 0 Å². The van der Waals surface area contributed by atoms with Crippen molar-refractivity contribution in [3.8, 4) is 55.9 Å². The fraction of sp³-hybridized carbons (Fsp3) is 0.0385. The smallest absolute Gasteiger partial charge is 0.164 e. The third-order valence-electron chi connectivity index (χ3n) is 9.49. The van der Waals surface area contributed by atoms with Crippen molar-refractivity contribution in [2.45, 2.75) is 12.8 Å². The summed E-state index contributed by atoms with van der Waals surface area (Å²) in [5.41, 5.74) is 13.4. The van der Waals surface area contributed by atoms with Gasteiger partial charge in [0, 0.05) is 34.7 Å². The first-order chi connectivity index (χ1) is 27.6. The van der Waals surface area contributed by atoms with Gasteiger partial charge in [0.2, 0.25) is 0 Å². The molecule has 1 aliphatic carbocycles. The Hall–Kier alpha value is -7.30. The molecule has 0 saturated heterocycles. The molecular formula is C52H42N4. The summed E-state index contributed by atoms with van der Waals surface area (Å²) < 4.78 is 0. The number of aromatic nitrogens is 4. The zero-order valence-corrected chi connectivity index (χ0v) is 31.4. The summed E-state index contributed by atoms with van der Waals surface area (Å²) in [5, 5.41) is 0. The summed E-state index contributed by atoms with van der Waals surface area (Å²) in [5.74, 6) is 1.74. The maximum atomic E-state index is 5.09. The Kier molecular flexibility index (Phi) is 11.7. The fourth-order valence-electron chi connectivity index (χ4n) is 6.67. The first-order valence-electron chi connectivity index (χ1n) is 18.6. The average molecular weight is 723 g/mol. The van der Waals surface area contributed by atoms with Crippen molar-refractivity contribution in [2.75, 3.05) is 0 Å². The lowest BCUT2D eigenvalue weighted by molar-refractivity contribution is 0.985. The van der Waals surface area contributed by atoms with Gasteiger partial charge in [0.25, 0.3) is 0 Å². The minimum absolute atomic E-state index is 0.543. The number of hydrogen-bond donors (Lipinski definition) is 0. The van der Waals surface area contributed by atoms with Crippen LogP contribution >= 0.6 is 0 Å². The van der Waals surface area contributed by atoms with Crippen LogP contribution in [0.4, 0.5) is 0 Å². The monoisotopic (exact) mass is 722 g/mol. The summed E-state index contributed by atoms with van der Waals surface area (Å²) in [7, 11) is 0. The molecule has 2 heterocycles. The molecule has 4 heteroatoms. The van der Waals surface area contributed by atoms with Crippen LogP contribution in [0.15, 0.2) is 197 Å². The summed E-state index contributed by atoms with van der Waals surface area (Å²) >= 11 is 0. The number of hydrogen-bond acceptors (Lipinski definition) is 4. The summed E-state index contributed by atoms with van der Waals surface area (Å²) in [6.07, 6.45) is 29.1. The van der Waals surface area contributed by atoms with Gasteiger partial charge in [0.1, 0.15) is 0 Å². The number of benzene rings is 4. The molecule has 6 aromatic rings. The molecule has 0 aliphatic heterocycles. The van der Waals surface area contributed by atoms with E-state index in [-0.39, 0.29) is 0 Å². The fourth-order valence-corrected chi connectivity index (χ4v) is 6.67. The van der Waals surface area contributed by atoms with Gasteiger partial charge in [-0.05, 0) is 99.3 Å². The molecule has 7 rings (SSSR count). The van der Waals surface area contributed by atoms with E-state index >= 15 is 0 Å². The van der Waals surface area contributed by atoms with Crippen LogP contribution in [-0.2, 0) is 0 Å². The topological polar surface area (TPSA) is 51.6 Å². The molecule has 0 saturated carbocycles. The van der Waals surface area contributed by atoms with Gasteiger partial charge in [0.05, 0.1) is 0 Å². The van der Waals surface area contributed by atoms with Crippen molar-refractivity contribution in [1.82, 2.24) is 19.9 Å². The quantitative estimate of drug-likeness (QED) is 0.111. The lowest BCUT2D eigenvalue weighted by Crippen LogP contribution is -2.05. The third kappa shape index (κ3) is 8.57. The van der Waals surface area contributed by atoms with Crippen LogP contribution in [0.25, 0.3) is 79.2 Å². The van der Waals surface area contributed by atoms with Gasteiger partial charge in [-0.1, -0.05) is 160 Å². The van der Waals surface area contributed by atoms with E-state index in [2.05, 4.69) is 153 Å². The molecule has 0 spiro atoms. The molecule has 0 bridgehead atoms. The van der Waals surface area contributed by atoms with Gasteiger partial charge in [-0.3, -0.25) is 4.98 Å². The number of pyridine rings is 1. The second-order valence-corrected chi connectivity index (χ2v) is 13.2. The lowest BCUT2D eigenvalue weighted by atomic mass is 9.92. The van der Waals surface area contributed by atoms with Crippen molar-refractivity contribution in [2.24, 2.45) is 0 Å². The minimum Gasteiger partial charge on any atom is -0.264 e. The normalized spacial score (nSPS) is 12.8. The van der Waals surface area contributed by atoms with Crippen molar-refractivity contribution >= 4 is 23.3 Å². The Balaban J connectivity index is 1.40. The van der Waals surface area contributed by atoms with E-state index < -0.39 is 0 Å². The Labute approximate surface area is 330 Å². The number of allylic oxidation sites excluding steroid dienone is 12. The van der Waals surface area contributed by atoms with Gasteiger partial charge in [-0.15, -0.1) is 0 Å². The molecule has 2 aromatic heterocycles. The Morgan fingerprint density at radius 1 is 0.571 bits per heavy atom. The standard InChI is InChI=1S/C52H42N4/c1-5-9-17-37-24-25-40(18-10-6-2)49(31-37)41-28-26-39(27-29-41)46-33-47(44-22-14-21-43(32-44)45-23-15-30-53-36-45)35-48(34-46)52-55-50(38(8-4)16-7-3)54-51(56-52)42-19-12-11-13-20-42/h5-10,12,14-36H,1-4,11,13H2/b17-9-,18-10-,38-16+. The Morgan fingerprint density at radius 2 is 1.27 bits per heavy atom. The molecule has 270 valence electrons. The maximum absolute atomic E-state index is 5.09. The summed E-state index contributed by atoms with van der Waals surface area (Å²) in [6, 6.07) is 34.4. The second kappa shape index (κ2) is 17.7. The molecule has 0 radical (unpaired) electrons. The van der Waals surface area contributed by atoms with Crippen LogP contribution < -0.4 is 0 Å². The highest BCUT2D eigenvalue weighted by atomic mass is 15.0. The van der Waals surface area contributed by atoms with Crippen LogP contribution in [0.3, 0.4) is 0 Å². The molecule has 0 fully saturated rings. The van der Waals surface area contributed by atoms with E-state index in [9.17, 15) is 0 Å². The summed E-state index contributed by atoms with van der Waals surface area (Å²) in [4.78, 5) is 19.4. The molecule has 0 amide bonds. The van der Waals surface area contributed by atoms with Crippen LogP contribution in [-0.4, -0.2) is 19.9 Å². The van der Waals surface area contributed by atoms with E-state index in [1.54, 1.807) is 30.5 Å². The van der Waals surface area contributed by atoms with Crippen molar-refractivity contribution < 1.29 is 0 Å². The van der Waals surface area contributed by atoms with Gasteiger partial charge >= 0.3 is 0 Å². The third-order valence-corrected chi connectivity index (χ3v) is 9.49. The highest BCUT2D eigenvalue weighted by Crippen LogP contribution is 2.36. The highest BCUT2D eigenvalue weighted by molar-refractivity contribution is 5.84. The van der Waals surface area contributed by atoms with E-state index in [1.165, 1.54) is 0 Å². The summed E-state index contributed by atoms with van der Waals surface area (Å²) in [6.45, 7) is 15.7. The first-order valence-corrected chi connectivity index (χ1v) is 18.6. The van der Waals surface area contributed by atoms with Crippen LogP contribution in [0, 0.1) is 0 Å². The molecule has 0 unspecified atom stereocenters. The molecule has 0 atom stereocenters. The Bertz CT molecular complexity index is 2580. The Morgan fingerprint density at radius 3 is 1.98 bits per heavy atom. The zero-order chi connectivity index (χ0) is 38.7. The average Bonchev–Trinajstić information content (AvgIpc) is 3.27. The van der Waals surface area contributed by atoms with Crippen LogP contribution in [0.5, 0.6) is 0 Å². The maximum Gasteiger partial charge on any atom is 0.164 e. The van der Waals surface area contributed by atoms with Crippen molar-refractivity contribution in [3.05, 3.63) is 219 Å². The van der Waals surface area contributed by atoms with E-state index in [4.69, 9.17) is 15.0 Å². The van der Waals surface area contributed by atoms with Crippen LogP contribution in [0.2, 0.25) is 0 Å². The van der Waals surface area contributed by atoms with E-state index in [1.807, 2.05) is 30.5 Å². The van der Waals surface area contributed by atoms with Gasteiger partial charge in [0.15, 0.2) is 17.5 Å². The molecular weight excluding hydrogens is 681 g/mol. The molecule has 4 aromatic carbocycles. The van der Waals surface area contributed by atoms with Crippen LogP contribution in [0.1, 0.15) is 35.6 Å². The number of rotatable bonds is 13. The largest absolute Gasteiger partial charge is 0.264 e. The number of nitrogens with zero attached hydrogens (tertiary/aromatic N) is 4. The van der Waals surface area contributed by atoms with E-state index in [0.717, 1.165) is 85.2 Å². The first kappa shape index (κ1) is 37.0. The zero-order valence-electron chi connectivity index (χ0n) is 31.4. The van der Waals surface area contributed by atoms with Gasteiger partial charge in [-0.25, -0.2) is 15.0 Å². The predicted molar refractivity (Wildman–Crippen MR) is 238 cm³/mol. The molecule has 0 N–H and O–H groups in total. The minimum atomic E-state index is 0.543. The predicted octanol–water partition coefficient (Wildman–Crippen LogP) is 13.5. The van der Waals surface area contributed by atoms with Crippen molar-refractivity contribution in [1.29, 1.82) is 0 Å². The van der Waals surface area contributed by atoms with Crippen molar-refractivity contribution in [3.63, 3.8) is 0 Å². The molecule has 4 nitrogen and oxygen atoms in total. The van der Waals surface area contributed by atoms with Gasteiger partial charge < -0.3 is 0 Å². The lowest BCUT2D eigenvalue weighted by Gasteiger charge is -2.14. The molecule has 56 heavy (non-hydrogen) atoms. The highest BCUT2D eigenvalue weighted by Gasteiger charge is 2.16. The SMILES string of the molecule is C=C/C=C\c1ccc(/C=C\C=C)c(-c2ccc(-c3cc(-c4cccc(-c5cccnc5)c4)cc(-c4nc(C5=CCCC=C5)nc(/C(C=C)=C/C=C)n4)c3)cc2)c1.